The lowest BCUT2D eigenvalue weighted by Gasteiger charge is -2.25. The van der Waals surface area contributed by atoms with Gasteiger partial charge < -0.3 is 15.7 Å². The van der Waals surface area contributed by atoms with Crippen molar-refractivity contribution in [2.24, 2.45) is 5.73 Å². The number of rotatable bonds is 4. The summed E-state index contributed by atoms with van der Waals surface area (Å²) in [5.74, 6) is -0.144. The van der Waals surface area contributed by atoms with E-state index in [-0.39, 0.29) is 17.7 Å². The van der Waals surface area contributed by atoms with Crippen molar-refractivity contribution in [1.29, 1.82) is 0 Å². The number of nitrogens with zero attached hydrogens (tertiary/aromatic N) is 1. The van der Waals surface area contributed by atoms with E-state index in [4.69, 9.17) is 5.73 Å². The fourth-order valence-electron chi connectivity index (χ4n) is 2.25. The molecule has 1 atom stereocenters. The summed E-state index contributed by atoms with van der Waals surface area (Å²) in [6, 6.07) is 11.0. The molecule has 2 aromatic carbocycles. The van der Waals surface area contributed by atoms with Crippen LogP contribution in [0.2, 0.25) is 0 Å². The second-order valence-electron chi connectivity index (χ2n) is 5.03. The zero-order chi connectivity index (χ0) is 14.7. The predicted molar refractivity (Wildman–Crippen MR) is 80.8 cm³/mol. The number of hydrogen-bond acceptors (Lipinski definition) is 3. The highest BCUT2D eigenvalue weighted by atomic mass is 16.3. The molecule has 20 heavy (non-hydrogen) atoms. The first-order valence-electron chi connectivity index (χ1n) is 6.74. The van der Waals surface area contributed by atoms with Gasteiger partial charge >= 0.3 is 0 Å². The summed E-state index contributed by atoms with van der Waals surface area (Å²) in [5.41, 5.74) is 5.85. The topological polar surface area (TPSA) is 66.6 Å². The highest BCUT2D eigenvalue weighted by Gasteiger charge is 2.20. The van der Waals surface area contributed by atoms with Gasteiger partial charge in [0.2, 0.25) is 0 Å². The molecule has 0 heterocycles. The smallest absolute Gasteiger partial charge is 0.257 e. The first-order chi connectivity index (χ1) is 9.56. The number of nitrogens with two attached hydrogens (primary N) is 1. The van der Waals surface area contributed by atoms with Crippen LogP contribution >= 0.6 is 0 Å². The number of amides is 1. The lowest BCUT2D eigenvalue weighted by molar-refractivity contribution is 0.0736. The van der Waals surface area contributed by atoms with Crippen LogP contribution in [0.1, 0.15) is 23.7 Å². The van der Waals surface area contributed by atoms with Gasteiger partial charge in [0.05, 0.1) is 5.56 Å². The molecule has 0 saturated carbocycles. The van der Waals surface area contributed by atoms with Crippen molar-refractivity contribution in [2.45, 2.75) is 19.4 Å². The molecule has 4 nitrogen and oxygen atoms in total. The second kappa shape index (κ2) is 5.92. The van der Waals surface area contributed by atoms with Crippen LogP contribution in [0, 0.1) is 0 Å². The minimum atomic E-state index is -0.186. The lowest BCUT2D eigenvalue weighted by Crippen LogP contribution is -2.36. The molecule has 0 aliphatic carbocycles. The fraction of sp³-hybridized carbons (Fsp3) is 0.312. The monoisotopic (exact) mass is 272 g/mol. The highest BCUT2D eigenvalue weighted by molar-refractivity contribution is 6.03. The molecule has 0 saturated heterocycles. The Kier molecular flexibility index (Phi) is 4.25. The maximum Gasteiger partial charge on any atom is 0.257 e. The molecular formula is C16H20N2O2. The molecule has 0 aliphatic rings. The zero-order valence-electron chi connectivity index (χ0n) is 11.8. The Hall–Kier alpha value is -2.07. The van der Waals surface area contributed by atoms with Crippen LogP contribution in [-0.4, -0.2) is 35.5 Å². The van der Waals surface area contributed by atoms with Crippen molar-refractivity contribution in [2.75, 3.05) is 13.6 Å². The summed E-state index contributed by atoms with van der Waals surface area (Å²) in [4.78, 5) is 14.1. The SMILES string of the molecule is CC(CCN)N(C)C(=O)c1ccc2ccccc2c1O. The van der Waals surface area contributed by atoms with E-state index >= 15 is 0 Å². The summed E-state index contributed by atoms with van der Waals surface area (Å²) in [6.07, 6.45) is 0.733. The van der Waals surface area contributed by atoms with Crippen molar-refractivity contribution in [3.63, 3.8) is 0 Å². The average Bonchev–Trinajstić information content (AvgIpc) is 2.46. The molecule has 0 fully saturated rings. The molecule has 2 rings (SSSR count). The van der Waals surface area contributed by atoms with Crippen LogP contribution in [0.4, 0.5) is 0 Å². The number of fused-ring (bicyclic) bond motifs is 1. The Morgan fingerprint density at radius 2 is 2.00 bits per heavy atom. The molecule has 106 valence electrons. The molecule has 2 aromatic rings. The summed E-state index contributed by atoms with van der Waals surface area (Å²) < 4.78 is 0. The number of phenols is 1. The van der Waals surface area contributed by atoms with E-state index in [0.29, 0.717) is 17.5 Å². The molecule has 4 heteroatoms. The average molecular weight is 272 g/mol. The van der Waals surface area contributed by atoms with E-state index in [1.807, 2.05) is 37.3 Å². The molecule has 0 aliphatic heterocycles. The van der Waals surface area contributed by atoms with Gasteiger partial charge in [0, 0.05) is 18.5 Å². The number of hydrogen-bond donors (Lipinski definition) is 2. The third-order valence-electron chi connectivity index (χ3n) is 3.70. The van der Waals surface area contributed by atoms with E-state index in [2.05, 4.69) is 0 Å². The zero-order valence-corrected chi connectivity index (χ0v) is 11.8. The van der Waals surface area contributed by atoms with Gasteiger partial charge in [-0.3, -0.25) is 4.79 Å². The Morgan fingerprint density at radius 3 is 2.70 bits per heavy atom. The normalized spacial score (nSPS) is 12.3. The van der Waals surface area contributed by atoms with E-state index < -0.39 is 0 Å². The van der Waals surface area contributed by atoms with Crippen LogP contribution in [0.15, 0.2) is 36.4 Å². The summed E-state index contributed by atoms with van der Waals surface area (Å²) in [6.45, 7) is 2.48. The van der Waals surface area contributed by atoms with Gasteiger partial charge in [-0.1, -0.05) is 30.3 Å². The second-order valence-corrected chi connectivity index (χ2v) is 5.03. The standard InChI is InChI=1S/C16H20N2O2/c1-11(9-10-17)18(2)16(20)14-8-7-12-5-3-4-6-13(12)15(14)19/h3-8,11,19H,9-10,17H2,1-2H3. The highest BCUT2D eigenvalue weighted by Crippen LogP contribution is 2.29. The van der Waals surface area contributed by atoms with Gasteiger partial charge in [0.15, 0.2) is 0 Å². The Bertz CT molecular complexity index is 625. The third-order valence-corrected chi connectivity index (χ3v) is 3.70. The Labute approximate surface area is 118 Å². The van der Waals surface area contributed by atoms with Gasteiger partial charge in [-0.25, -0.2) is 0 Å². The van der Waals surface area contributed by atoms with E-state index in [1.165, 1.54) is 0 Å². The van der Waals surface area contributed by atoms with Crippen LogP contribution in [0.3, 0.4) is 0 Å². The van der Waals surface area contributed by atoms with Gasteiger partial charge in [-0.15, -0.1) is 0 Å². The van der Waals surface area contributed by atoms with Crippen molar-refractivity contribution in [1.82, 2.24) is 4.90 Å². The minimum Gasteiger partial charge on any atom is -0.506 e. The molecular weight excluding hydrogens is 252 g/mol. The number of aromatic hydroxyl groups is 1. The van der Waals surface area contributed by atoms with Gasteiger partial charge in [-0.05, 0) is 31.3 Å². The maximum absolute atomic E-state index is 12.5. The summed E-state index contributed by atoms with van der Waals surface area (Å²) in [5, 5.41) is 11.9. The first kappa shape index (κ1) is 14.3. The van der Waals surface area contributed by atoms with Gasteiger partial charge in [0.25, 0.3) is 5.91 Å². The molecule has 1 amide bonds. The Balaban J connectivity index is 2.37. The Morgan fingerprint density at radius 1 is 1.30 bits per heavy atom. The minimum absolute atomic E-state index is 0.0402. The van der Waals surface area contributed by atoms with Crippen LogP contribution < -0.4 is 5.73 Å². The van der Waals surface area contributed by atoms with Crippen LogP contribution in [-0.2, 0) is 0 Å². The number of carbonyl (C=O) groups is 1. The number of benzene rings is 2. The maximum atomic E-state index is 12.5. The molecule has 0 aromatic heterocycles. The van der Waals surface area contributed by atoms with E-state index in [1.54, 1.807) is 18.0 Å². The molecule has 0 radical (unpaired) electrons. The molecule has 3 N–H and O–H groups in total. The van der Waals surface area contributed by atoms with Gasteiger partial charge in [-0.2, -0.15) is 0 Å². The number of phenolic OH excluding ortho intramolecular Hbond substituents is 1. The quantitative estimate of drug-likeness (QED) is 0.898. The summed E-state index contributed by atoms with van der Waals surface area (Å²) >= 11 is 0. The lowest BCUT2D eigenvalue weighted by atomic mass is 10.0. The van der Waals surface area contributed by atoms with E-state index in [0.717, 1.165) is 11.8 Å². The van der Waals surface area contributed by atoms with Crippen molar-refractivity contribution in [3.05, 3.63) is 42.0 Å². The van der Waals surface area contributed by atoms with Crippen molar-refractivity contribution >= 4 is 16.7 Å². The molecule has 1 unspecified atom stereocenters. The fourth-order valence-corrected chi connectivity index (χ4v) is 2.25. The van der Waals surface area contributed by atoms with Crippen molar-refractivity contribution in [3.8, 4) is 5.75 Å². The number of carbonyl (C=O) groups excluding carboxylic acids is 1. The summed E-state index contributed by atoms with van der Waals surface area (Å²) in [7, 11) is 1.73. The third kappa shape index (κ3) is 2.60. The van der Waals surface area contributed by atoms with Crippen LogP contribution in [0.5, 0.6) is 5.75 Å². The predicted octanol–water partition coefficient (Wildman–Crippen LogP) is 2.35. The first-order valence-corrected chi connectivity index (χ1v) is 6.74. The van der Waals surface area contributed by atoms with E-state index in [9.17, 15) is 9.90 Å². The van der Waals surface area contributed by atoms with Gasteiger partial charge in [0.1, 0.15) is 5.75 Å². The van der Waals surface area contributed by atoms with Crippen molar-refractivity contribution < 1.29 is 9.90 Å². The molecule has 0 bridgehead atoms. The van der Waals surface area contributed by atoms with Crippen LogP contribution in [0.25, 0.3) is 10.8 Å². The largest absolute Gasteiger partial charge is 0.506 e. The molecule has 0 spiro atoms.